The molecule has 0 atom stereocenters. The van der Waals surface area contributed by atoms with E-state index in [0.717, 1.165) is 13.1 Å². The van der Waals surface area contributed by atoms with Crippen LogP contribution in [0.5, 0.6) is 0 Å². The summed E-state index contributed by atoms with van der Waals surface area (Å²) in [6, 6.07) is 10.4. The molecule has 1 N–H and O–H groups in total. The second-order valence-electron chi connectivity index (χ2n) is 2.82. The molecule has 64 valence electrons. The van der Waals surface area contributed by atoms with Crippen LogP contribution in [0.3, 0.4) is 0 Å². The van der Waals surface area contributed by atoms with Gasteiger partial charge in [-0.1, -0.05) is 36.4 Å². The Labute approximate surface area is 78.9 Å². The van der Waals surface area contributed by atoms with E-state index in [1.165, 1.54) is 11.1 Å². The maximum atomic E-state index is 3.21. The fourth-order valence-electron chi connectivity index (χ4n) is 1.16. The van der Waals surface area contributed by atoms with E-state index in [2.05, 4.69) is 35.7 Å². The van der Waals surface area contributed by atoms with E-state index < -0.39 is 0 Å². The van der Waals surface area contributed by atoms with Gasteiger partial charge in [0.1, 0.15) is 0 Å². The van der Waals surface area contributed by atoms with E-state index in [4.69, 9.17) is 0 Å². The van der Waals surface area contributed by atoms with Crippen LogP contribution in [0, 0.1) is 0 Å². The molecule has 1 aliphatic heterocycles. The molecule has 0 amide bonds. The van der Waals surface area contributed by atoms with E-state index in [1.807, 2.05) is 6.07 Å². The number of hydrogen-bond acceptors (Lipinski definition) is 1. The van der Waals surface area contributed by atoms with Gasteiger partial charge in [-0.2, -0.15) is 0 Å². The van der Waals surface area contributed by atoms with Crippen LogP contribution in [-0.4, -0.2) is 13.1 Å². The van der Waals surface area contributed by atoms with Gasteiger partial charge in [0.25, 0.3) is 0 Å². The maximum Gasteiger partial charge on any atom is 0.0183 e. The molecule has 0 aliphatic carbocycles. The van der Waals surface area contributed by atoms with Crippen molar-refractivity contribution < 1.29 is 0 Å². The highest BCUT2D eigenvalue weighted by Crippen LogP contribution is 2.08. The molecular formula is C10H12ClN. The monoisotopic (exact) mass is 181 g/mol. The predicted octanol–water partition coefficient (Wildman–Crippen LogP) is 2.10. The summed E-state index contributed by atoms with van der Waals surface area (Å²) in [5.74, 6) is 0. The van der Waals surface area contributed by atoms with Crippen molar-refractivity contribution in [2.45, 2.75) is 0 Å². The molecule has 1 aromatic rings. The minimum Gasteiger partial charge on any atom is -0.309 e. The van der Waals surface area contributed by atoms with Crippen molar-refractivity contribution in [3.8, 4) is 0 Å². The van der Waals surface area contributed by atoms with Crippen molar-refractivity contribution in [1.29, 1.82) is 0 Å². The predicted molar refractivity (Wildman–Crippen MR) is 54.5 cm³/mol. The van der Waals surface area contributed by atoms with Crippen LogP contribution in [0.2, 0.25) is 0 Å². The van der Waals surface area contributed by atoms with Gasteiger partial charge in [0.15, 0.2) is 0 Å². The Hall–Kier alpha value is -0.790. The third-order valence-corrected chi connectivity index (χ3v) is 1.87. The fraction of sp³-hybridized carbons (Fsp3) is 0.200. The lowest BCUT2D eigenvalue weighted by Crippen LogP contribution is -2.33. The van der Waals surface area contributed by atoms with Crippen molar-refractivity contribution in [2.24, 2.45) is 0 Å². The molecular weight excluding hydrogens is 170 g/mol. The summed E-state index contributed by atoms with van der Waals surface area (Å²) in [6.07, 6.45) is 2.25. The molecule has 1 aromatic carbocycles. The molecule has 12 heavy (non-hydrogen) atoms. The summed E-state index contributed by atoms with van der Waals surface area (Å²) >= 11 is 0. The molecule has 0 unspecified atom stereocenters. The van der Waals surface area contributed by atoms with Crippen LogP contribution in [0.4, 0.5) is 0 Å². The maximum absolute atomic E-state index is 3.21. The first-order valence-electron chi connectivity index (χ1n) is 3.90. The Balaban J connectivity index is 0.000000720. The zero-order chi connectivity index (χ0) is 7.52. The smallest absolute Gasteiger partial charge is 0.0183 e. The van der Waals surface area contributed by atoms with Gasteiger partial charge in [-0.15, -0.1) is 12.4 Å². The standard InChI is InChI=1S/C10H11N.ClH/c1-2-4-9(5-3-1)6-10-7-11-8-10;/h1-6,11H,7-8H2;1H. The van der Waals surface area contributed by atoms with Crippen molar-refractivity contribution in [3.63, 3.8) is 0 Å². The fourth-order valence-corrected chi connectivity index (χ4v) is 1.16. The molecule has 2 rings (SSSR count). The first kappa shape index (κ1) is 9.30. The molecule has 1 fully saturated rings. The Morgan fingerprint density at radius 3 is 2.25 bits per heavy atom. The van der Waals surface area contributed by atoms with Crippen LogP contribution in [-0.2, 0) is 0 Å². The highest BCUT2D eigenvalue weighted by molar-refractivity contribution is 5.85. The lowest BCUT2D eigenvalue weighted by molar-refractivity contribution is 0.675. The van der Waals surface area contributed by atoms with Gasteiger partial charge in [0.2, 0.25) is 0 Å². The molecule has 1 saturated heterocycles. The second kappa shape index (κ2) is 4.29. The largest absolute Gasteiger partial charge is 0.309 e. The number of benzene rings is 1. The molecule has 1 aliphatic rings. The van der Waals surface area contributed by atoms with Crippen molar-refractivity contribution in [3.05, 3.63) is 41.5 Å². The Morgan fingerprint density at radius 1 is 1.08 bits per heavy atom. The number of halogens is 1. The minimum absolute atomic E-state index is 0. The highest BCUT2D eigenvalue weighted by atomic mass is 35.5. The minimum atomic E-state index is 0. The van der Waals surface area contributed by atoms with Crippen LogP contribution in [0.25, 0.3) is 6.08 Å². The van der Waals surface area contributed by atoms with Crippen molar-refractivity contribution >= 4 is 18.5 Å². The summed E-state index contributed by atoms with van der Waals surface area (Å²) in [5, 5.41) is 3.21. The van der Waals surface area contributed by atoms with E-state index in [9.17, 15) is 0 Å². The average Bonchev–Trinajstić information content (AvgIpc) is 1.99. The van der Waals surface area contributed by atoms with Crippen LogP contribution >= 0.6 is 12.4 Å². The number of hydrogen-bond donors (Lipinski definition) is 1. The average molecular weight is 182 g/mol. The first-order valence-corrected chi connectivity index (χ1v) is 3.90. The van der Waals surface area contributed by atoms with Gasteiger partial charge in [-0.25, -0.2) is 0 Å². The third-order valence-electron chi connectivity index (χ3n) is 1.87. The highest BCUT2D eigenvalue weighted by Gasteiger charge is 2.05. The van der Waals surface area contributed by atoms with Crippen LogP contribution in [0.1, 0.15) is 5.56 Å². The second-order valence-corrected chi connectivity index (χ2v) is 2.82. The van der Waals surface area contributed by atoms with Gasteiger partial charge in [0, 0.05) is 13.1 Å². The van der Waals surface area contributed by atoms with E-state index >= 15 is 0 Å². The van der Waals surface area contributed by atoms with Gasteiger partial charge < -0.3 is 5.32 Å². The van der Waals surface area contributed by atoms with Crippen LogP contribution in [0.15, 0.2) is 35.9 Å². The van der Waals surface area contributed by atoms with E-state index in [0.29, 0.717) is 0 Å². The molecule has 0 spiro atoms. The Morgan fingerprint density at radius 2 is 1.75 bits per heavy atom. The summed E-state index contributed by atoms with van der Waals surface area (Å²) in [6.45, 7) is 2.13. The van der Waals surface area contributed by atoms with Crippen molar-refractivity contribution in [2.75, 3.05) is 13.1 Å². The van der Waals surface area contributed by atoms with E-state index in [1.54, 1.807) is 0 Å². The topological polar surface area (TPSA) is 12.0 Å². The quantitative estimate of drug-likeness (QED) is 0.700. The SMILES string of the molecule is C(=C1CNC1)c1ccccc1.Cl. The molecule has 0 saturated carbocycles. The lowest BCUT2D eigenvalue weighted by Gasteiger charge is -2.18. The lowest BCUT2D eigenvalue weighted by atomic mass is 10.1. The normalized spacial score (nSPS) is 14.5. The molecule has 1 nitrogen and oxygen atoms in total. The first-order chi connectivity index (χ1) is 5.45. The summed E-state index contributed by atoms with van der Waals surface area (Å²) < 4.78 is 0. The van der Waals surface area contributed by atoms with Gasteiger partial charge >= 0.3 is 0 Å². The number of rotatable bonds is 1. The zero-order valence-corrected chi connectivity index (χ0v) is 7.60. The van der Waals surface area contributed by atoms with Gasteiger partial charge in [-0.3, -0.25) is 0 Å². The van der Waals surface area contributed by atoms with Gasteiger partial charge in [-0.05, 0) is 11.1 Å². The van der Waals surface area contributed by atoms with Gasteiger partial charge in [0.05, 0.1) is 0 Å². The number of nitrogens with one attached hydrogen (secondary N) is 1. The molecule has 0 radical (unpaired) electrons. The molecule has 1 heterocycles. The Bertz CT molecular complexity index is 260. The summed E-state index contributed by atoms with van der Waals surface area (Å²) in [7, 11) is 0. The van der Waals surface area contributed by atoms with Crippen LogP contribution < -0.4 is 5.32 Å². The summed E-state index contributed by atoms with van der Waals surface area (Å²) in [5.41, 5.74) is 2.81. The molecule has 2 heteroatoms. The molecule has 0 aromatic heterocycles. The van der Waals surface area contributed by atoms with Crippen molar-refractivity contribution in [1.82, 2.24) is 5.32 Å². The Kier molecular flexibility index (Phi) is 3.32. The summed E-state index contributed by atoms with van der Waals surface area (Å²) in [4.78, 5) is 0. The zero-order valence-electron chi connectivity index (χ0n) is 6.79. The molecule has 0 bridgehead atoms. The third kappa shape index (κ3) is 2.10. The van der Waals surface area contributed by atoms with E-state index in [-0.39, 0.29) is 12.4 Å².